The maximum atomic E-state index is 13.6. The third-order valence-corrected chi connectivity index (χ3v) is 3.75. The predicted octanol–water partition coefficient (Wildman–Crippen LogP) is 3.57. The first-order valence-electron chi connectivity index (χ1n) is 5.95. The molecule has 4 nitrogen and oxygen atoms in total. The molecule has 0 spiro atoms. The largest absolute Gasteiger partial charge is 0.322 e. The Morgan fingerprint density at radius 2 is 1.81 bits per heavy atom. The Balaban J connectivity index is 2.26. The van der Waals surface area contributed by atoms with Gasteiger partial charge >= 0.3 is 0 Å². The maximum absolute atomic E-state index is 13.6. The van der Waals surface area contributed by atoms with Gasteiger partial charge in [-0.1, -0.05) is 15.9 Å². The van der Waals surface area contributed by atoms with Gasteiger partial charge in [0.1, 0.15) is 5.69 Å². The zero-order chi connectivity index (χ0) is 15.6. The molecule has 0 bridgehead atoms. The number of hydrogen-bond acceptors (Lipinski definition) is 3. The van der Waals surface area contributed by atoms with Crippen molar-refractivity contribution in [2.45, 2.75) is 6.92 Å². The Labute approximate surface area is 128 Å². The minimum atomic E-state index is -0.936. The number of carbonyl (C=O) groups excluding carboxylic acids is 1. The van der Waals surface area contributed by atoms with Crippen LogP contribution in [0.3, 0.4) is 0 Å². The molecule has 2 aromatic carbocycles. The van der Waals surface area contributed by atoms with Crippen LogP contribution in [0, 0.1) is 18.6 Å². The molecular weight excluding hydrogens is 344 g/mol. The monoisotopic (exact) mass is 355 g/mol. The number of carbonyl (C=O) groups is 1. The molecule has 110 valence electrons. The topological polar surface area (TPSA) is 67.2 Å². The molecule has 0 aromatic heterocycles. The second-order valence-electron chi connectivity index (χ2n) is 4.38. The minimum absolute atomic E-state index is 0.135. The van der Waals surface area contributed by atoms with Crippen LogP contribution in [-0.2, 0) is 0 Å². The molecule has 7 heteroatoms. The number of hydrogen-bond donors (Lipinski definition) is 3. The van der Waals surface area contributed by atoms with Crippen LogP contribution >= 0.6 is 15.9 Å². The summed E-state index contributed by atoms with van der Waals surface area (Å²) in [5, 5.41) is 2.57. The van der Waals surface area contributed by atoms with E-state index in [4.69, 9.17) is 5.84 Å². The lowest BCUT2D eigenvalue weighted by molar-refractivity contribution is 0.102. The van der Waals surface area contributed by atoms with E-state index in [2.05, 4.69) is 21.2 Å². The van der Waals surface area contributed by atoms with E-state index in [0.717, 1.165) is 22.2 Å². The zero-order valence-electron chi connectivity index (χ0n) is 11.0. The van der Waals surface area contributed by atoms with Crippen LogP contribution in [-0.4, -0.2) is 5.91 Å². The fourth-order valence-electron chi connectivity index (χ4n) is 1.77. The predicted molar refractivity (Wildman–Crippen MR) is 81.0 cm³/mol. The number of anilines is 2. The van der Waals surface area contributed by atoms with Gasteiger partial charge in [-0.15, -0.1) is 0 Å². The maximum Gasteiger partial charge on any atom is 0.255 e. The molecule has 0 unspecified atom stereocenters. The summed E-state index contributed by atoms with van der Waals surface area (Å²) in [7, 11) is 0. The number of nitrogens with two attached hydrogens (primary N) is 1. The van der Waals surface area contributed by atoms with E-state index in [9.17, 15) is 13.6 Å². The summed E-state index contributed by atoms with van der Waals surface area (Å²) in [6.07, 6.45) is 0. The number of benzene rings is 2. The molecular formula is C14H12BrF2N3O. The Bertz CT molecular complexity index is 684. The molecule has 2 aromatic rings. The number of halogens is 3. The van der Waals surface area contributed by atoms with Crippen molar-refractivity contribution in [3.05, 3.63) is 57.6 Å². The van der Waals surface area contributed by atoms with Gasteiger partial charge in [0.15, 0.2) is 11.6 Å². The van der Waals surface area contributed by atoms with E-state index in [-0.39, 0.29) is 5.56 Å². The van der Waals surface area contributed by atoms with Crippen molar-refractivity contribution >= 4 is 33.2 Å². The summed E-state index contributed by atoms with van der Waals surface area (Å²) in [5.74, 6) is 2.51. The van der Waals surface area contributed by atoms with Gasteiger partial charge in [0.05, 0.1) is 0 Å². The van der Waals surface area contributed by atoms with Crippen molar-refractivity contribution in [2.24, 2.45) is 5.84 Å². The number of nitrogen functional groups attached to an aromatic ring is 1. The fourth-order valence-corrected chi connectivity index (χ4v) is 2.01. The van der Waals surface area contributed by atoms with Gasteiger partial charge in [0, 0.05) is 15.7 Å². The van der Waals surface area contributed by atoms with Crippen LogP contribution in [0.4, 0.5) is 20.2 Å². The van der Waals surface area contributed by atoms with E-state index < -0.39 is 23.2 Å². The van der Waals surface area contributed by atoms with Crippen molar-refractivity contribution in [3.8, 4) is 0 Å². The molecule has 0 fully saturated rings. The van der Waals surface area contributed by atoms with Crippen LogP contribution in [0.25, 0.3) is 0 Å². The van der Waals surface area contributed by atoms with Crippen molar-refractivity contribution < 1.29 is 13.6 Å². The van der Waals surface area contributed by atoms with Gasteiger partial charge in [-0.3, -0.25) is 10.6 Å². The zero-order valence-corrected chi connectivity index (χ0v) is 12.6. The van der Waals surface area contributed by atoms with Crippen molar-refractivity contribution in [1.82, 2.24) is 0 Å². The Hall–Kier alpha value is -1.99. The number of rotatable bonds is 3. The smallest absolute Gasteiger partial charge is 0.255 e. The van der Waals surface area contributed by atoms with E-state index in [1.54, 1.807) is 18.2 Å². The third kappa shape index (κ3) is 3.37. The molecule has 2 rings (SSSR count). The summed E-state index contributed by atoms with van der Waals surface area (Å²) in [4.78, 5) is 12.0. The Kier molecular flexibility index (Phi) is 4.54. The van der Waals surface area contributed by atoms with E-state index in [1.807, 2.05) is 12.3 Å². The summed E-state index contributed by atoms with van der Waals surface area (Å²) < 4.78 is 28.0. The molecule has 0 saturated heterocycles. The van der Waals surface area contributed by atoms with Gasteiger partial charge in [-0.05, 0) is 42.8 Å². The highest BCUT2D eigenvalue weighted by Crippen LogP contribution is 2.22. The number of amides is 1. The second kappa shape index (κ2) is 6.19. The first kappa shape index (κ1) is 15.4. The van der Waals surface area contributed by atoms with Crippen molar-refractivity contribution in [3.63, 3.8) is 0 Å². The highest BCUT2D eigenvalue weighted by atomic mass is 79.9. The Morgan fingerprint density at radius 1 is 1.19 bits per heavy atom. The lowest BCUT2D eigenvalue weighted by Crippen LogP contribution is -2.15. The van der Waals surface area contributed by atoms with Crippen molar-refractivity contribution in [2.75, 3.05) is 10.7 Å². The van der Waals surface area contributed by atoms with Crippen LogP contribution in [0.1, 0.15) is 15.9 Å². The van der Waals surface area contributed by atoms with E-state index >= 15 is 0 Å². The minimum Gasteiger partial charge on any atom is -0.322 e. The van der Waals surface area contributed by atoms with Crippen LogP contribution in [0.5, 0.6) is 0 Å². The van der Waals surface area contributed by atoms with Crippen LogP contribution < -0.4 is 16.6 Å². The molecule has 4 N–H and O–H groups in total. The van der Waals surface area contributed by atoms with Crippen LogP contribution in [0.15, 0.2) is 34.8 Å². The lowest BCUT2D eigenvalue weighted by Gasteiger charge is -2.09. The van der Waals surface area contributed by atoms with Gasteiger partial charge in [-0.25, -0.2) is 8.78 Å². The van der Waals surface area contributed by atoms with Crippen LogP contribution in [0.2, 0.25) is 0 Å². The number of nitrogens with one attached hydrogen (secondary N) is 2. The summed E-state index contributed by atoms with van der Waals surface area (Å²) >= 11 is 3.34. The molecule has 0 aliphatic carbocycles. The second-order valence-corrected chi connectivity index (χ2v) is 5.23. The molecule has 21 heavy (non-hydrogen) atoms. The van der Waals surface area contributed by atoms with Gasteiger partial charge in [0.2, 0.25) is 0 Å². The SMILES string of the molecule is Cc1cc(NC(=O)c2cc(F)c(NN)c(F)c2)ccc1Br. The van der Waals surface area contributed by atoms with Gasteiger partial charge in [-0.2, -0.15) is 0 Å². The Morgan fingerprint density at radius 3 is 2.33 bits per heavy atom. The molecule has 0 saturated carbocycles. The third-order valence-electron chi connectivity index (χ3n) is 2.86. The van der Waals surface area contributed by atoms with Gasteiger partial charge < -0.3 is 10.7 Å². The fraction of sp³-hybridized carbons (Fsp3) is 0.0714. The average molecular weight is 356 g/mol. The molecule has 0 radical (unpaired) electrons. The lowest BCUT2D eigenvalue weighted by atomic mass is 10.1. The first-order valence-corrected chi connectivity index (χ1v) is 6.75. The average Bonchev–Trinajstić information content (AvgIpc) is 2.42. The van der Waals surface area contributed by atoms with E-state index in [0.29, 0.717) is 5.69 Å². The molecule has 0 heterocycles. The van der Waals surface area contributed by atoms with Crippen molar-refractivity contribution in [1.29, 1.82) is 0 Å². The summed E-state index contributed by atoms with van der Waals surface area (Å²) in [6, 6.07) is 7.02. The highest BCUT2D eigenvalue weighted by Gasteiger charge is 2.15. The van der Waals surface area contributed by atoms with Gasteiger partial charge in [0.25, 0.3) is 5.91 Å². The summed E-state index contributed by atoms with van der Waals surface area (Å²) in [6.45, 7) is 1.86. The standard InChI is InChI=1S/C14H12BrF2N3O/c1-7-4-9(2-3-10(7)15)19-14(21)8-5-11(16)13(20-18)12(17)6-8/h2-6,20H,18H2,1H3,(H,19,21). The normalized spacial score (nSPS) is 10.3. The quantitative estimate of drug-likeness (QED) is 0.582. The number of hydrazine groups is 1. The molecule has 0 aliphatic rings. The molecule has 0 atom stereocenters. The highest BCUT2D eigenvalue weighted by molar-refractivity contribution is 9.10. The number of aryl methyl sites for hydroxylation is 1. The van der Waals surface area contributed by atoms with E-state index in [1.165, 1.54) is 0 Å². The molecule has 1 amide bonds. The summed E-state index contributed by atoms with van der Waals surface area (Å²) in [5.41, 5.74) is 2.75. The first-order chi connectivity index (χ1) is 9.92. The molecule has 0 aliphatic heterocycles.